The minimum atomic E-state index is -5.88. The van der Waals surface area contributed by atoms with Crippen molar-refractivity contribution in [1.82, 2.24) is 10.4 Å². The average molecular weight is 478 g/mol. The Morgan fingerprint density at radius 1 is 0.912 bits per heavy atom. The van der Waals surface area contributed by atoms with E-state index in [0.717, 1.165) is 17.1 Å². The minimum Gasteiger partial charge on any atom is -0.273 e. The minimum absolute atomic E-state index is 0.165. The molecule has 1 aromatic heterocycles. The zero-order valence-corrected chi connectivity index (χ0v) is 16.9. The van der Waals surface area contributed by atoms with Gasteiger partial charge in [0.2, 0.25) is 0 Å². The van der Waals surface area contributed by atoms with Crippen LogP contribution < -0.4 is 10.4 Å². The zero-order valence-electron chi connectivity index (χ0n) is 16.9. The molecule has 0 spiro atoms. The Bertz CT molecular complexity index is 1290. The van der Waals surface area contributed by atoms with Gasteiger partial charge in [0.1, 0.15) is 23.6 Å². The molecule has 174 valence electrons. The first-order chi connectivity index (χ1) is 16.0. The number of rotatable bonds is 4. The molecule has 2 heterocycles. The number of aromatic nitrogens is 1. The second-order valence-corrected chi connectivity index (χ2v) is 7.34. The van der Waals surface area contributed by atoms with Gasteiger partial charge >= 0.3 is 12.1 Å². The van der Waals surface area contributed by atoms with Gasteiger partial charge in [-0.2, -0.15) is 27.2 Å². The van der Waals surface area contributed by atoms with Gasteiger partial charge in [0.05, 0.1) is 11.4 Å². The molecule has 0 saturated heterocycles. The lowest BCUT2D eigenvalue weighted by molar-refractivity contribution is -0.287. The molecule has 1 aliphatic heterocycles. The Hall–Kier alpha value is -3.91. The summed E-state index contributed by atoms with van der Waals surface area (Å²) in [6.07, 6.45) is -3.83. The maximum absolute atomic E-state index is 14.5. The molecule has 0 fully saturated rings. The Kier molecular flexibility index (Phi) is 5.79. The van der Waals surface area contributed by atoms with Crippen molar-refractivity contribution in [3.8, 4) is 17.2 Å². The van der Waals surface area contributed by atoms with Gasteiger partial charge in [0.15, 0.2) is 5.82 Å². The van der Waals surface area contributed by atoms with Crippen molar-refractivity contribution < 1.29 is 30.7 Å². The molecule has 3 aromatic rings. The van der Waals surface area contributed by atoms with Crippen molar-refractivity contribution in [3.05, 3.63) is 89.8 Å². The van der Waals surface area contributed by atoms with E-state index in [-0.39, 0.29) is 17.0 Å². The van der Waals surface area contributed by atoms with E-state index in [2.05, 4.69) is 4.98 Å². The smallest absolute Gasteiger partial charge is 0.273 e. The summed E-state index contributed by atoms with van der Waals surface area (Å²) in [5, 5.41) is 9.61. The third-order valence-corrected chi connectivity index (χ3v) is 5.12. The lowest BCUT2D eigenvalue weighted by Gasteiger charge is -2.28. The van der Waals surface area contributed by atoms with E-state index in [9.17, 15) is 30.7 Å². The molecule has 0 radical (unpaired) electrons. The molecule has 2 aromatic carbocycles. The molecule has 0 bridgehead atoms. The molecule has 11 heteroatoms. The molecule has 0 saturated carbocycles. The van der Waals surface area contributed by atoms with Gasteiger partial charge in [-0.3, -0.25) is 5.01 Å². The number of nitrogens with zero attached hydrogens (tertiary/aromatic N) is 3. The SMILES string of the molecule is N#Cc1ccc(-c2cccc(C3=CC(C(F)(F)C(F)(F)F)NN3c3ccc(F)cc3F)c2)cn1. The second kappa shape index (κ2) is 8.46. The molecule has 0 aliphatic carbocycles. The monoisotopic (exact) mass is 478 g/mol. The third-order valence-electron chi connectivity index (χ3n) is 5.12. The molecule has 4 nitrogen and oxygen atoms in total. The maximum atomic E-state index is 14.5. The molecule has 1 atom stereocenters. The summed E-state index contributed by atoms with van der Waals surface area (Å²) in [5.74, 6) is -7.29. The van der Waals surface area contributed by atoms with Gasteiger partial charge in [0, 0.05) is 17.8 Å². The van der Waals surface area contributed by atoms with Crippen molar-refractivity contribution in [2.75, 3.05) is 5.01 Å². The standard InChI is InChI=1S/C23H13F7N4/c24-16-5-7-19(18(25)9-16)34-20(10-21(33-34)22(26,27)23(28,29)30)14-3-1-2-13(8-14)15-4-6-17(11-31)32-12-15/h1-10,12,21,33H. The Balaban J connectivity index is 1.81. The topological polar surface area (TPSA) is 52.0 Å². The van der Waals surface area contributed by atoms with Crippen molar-refractivity contribution >= 4 is 11.4 Å². The summed E-state index contributed by atoms with van der Waals surface area (Å²) in [5.41, 5.74) is 2.76. The largest absolute Gasteiger partial charge is 0.455 e. The molecule has 34 heavy (non-hydrogen) atoms. The summed E-state index contributed by atoms with van der Waals surface area (Å²) in [6, 6.07) is 10.7. The number of nitriles is 1. The fourth-order valence-corrected chi connectivity index (χ4v) is 3.42. The Labute approximate surface area is 188 Å². The molecular weight excluding hydrogens is 465 g/mol. The van der Waals surface area contributed by atoms with Crippen LogP contribution in [-0.2, 0) is 0 Å². The lowest BCUT2D eigenvalue weighted by Crippen LogP contribution is -2.54. The number of hydrogen-bond acceptors (Lipinski definition) is 4. The van der Waals surface area contributed by atoms with Gasteiger partial charge in [-0.25, -0.2) is 19.2 Å². The van der Waals surface area contributed by atoms with E-state index in [1.165, 1.54) is 30.5 Å². The van der Waals surface area contributed by atoms with Crippen LogP contribution >= 0.6 is 0 Å². The number of hydrazine groups is 1. The third kappa shape index (κ3) is 4.20. The highest BCUT2D eigenvalue weighted by atomic mass is 19.4. The predicted molar refractivity (Wildman–Crippen MR) is 109 cm³/mol. The first-order valence-electron chi connectivity index (χ1n) is 9.66. The van der Waals surface area contributed by atoms with Crippen molar-refractivity contribution in [3.63, 3.8) is 0 Å². The Morgan fingerprint density at radius 3 is 2.26 bits per heavy atom. The Morgan fingerprint density at radius 2 is 1.65 bits per heavy atom. The van der Waals surface area contributed by atoms with Gasteiger partial charge in [-0.05, 0) is 47.5 Å². The molecule has 1 aliphatic rings. The van der Waals surface area contributed by atoms with Crippen LogP contribution in [0.2, 0.25) is 0 Å². The van der Waals surface area contributed by atoms with Crippen LogP contribution in [0.1, 0.15) is 11.3 Å². The van der Waals surface area contributed by atoms with Gasteiger partial charge in [-0.1, -0.05) is 18.2 Å². The summed E-state index contributed by atoms with van der Waals surface area (Å²) < 4.78 is 95.2. The van der Waals surface area contributed by atoms with Gasteiger partial charge in [0.25, 0.3) is 0 Å². The number of anilines is 1. The highest BCUT2D eigenvalue weighted by molar-refractivity contribution is 5.83. The molecular formula is C23H13F7N4. The molecule has 4 rings (SSSR count). The number of hydrogen-bond donors (Lipinski definition) is 1. The summed E-state index contributed by atoms with van der Waals surface area (Å²) >= 11 is 0. The van der Waals surface area contributed by atoms with E-state index in [1.807, 2.05) is 11.5 Å². The number of nitrogens with one attached hydrogen (secondary N) is 1. The fourth-order valence-electron chi connectivity index (χ4n) is 3.42. The summed E-state index contributed by atoms with van der Waals surface area (Å²) in [7, 11) is 0. The second-order valence-electron chi connectivity index (χ2n) is 7.34. The van der Waals surface area contributed by atoms with E-state index >= 15 is 0 Å². The summed E-state index contributed by atoms with van der Waals surface area (Å²) in [6.45, 7) is 0. The van der Waals surface area contributed by atoms with Gasteiger partial charge in [-0.15, -0.1) is 0 Å². The first kappa shape index (κ1) is 23.3. The molecule has 1 N–H and O–H groups in total. The van der Waals surface area contributed by atoms with Crippen LogP contribution in [0.3, 0.4) is 0 Å². The number of alkyl halides is 5. The van der Waals surface area contributed by atoms with E-state index < -0.39 is 35.5 Å². The van der Waals surface area contributed by atoms with Crippen LogP contribution in [0.5, 0.6) is 0 Å². The van der Waals surface area contributed by atoms with Crippen LogP contribution in [0.25, 0.3) is 16.8 Å². The van der Waals surface area contributed by atoms with Crippen molar-refractivity contribution in [2.24, 2.45) is 0 Å². The number of pyridine rings is 1. The molecule has 0 amide bonds. The predicted octanol–water partition coefficient (Wildman–Crippen LogP) is 5.83. The van der Waals surface area contributed by atoms with Gasteiger partial charge < -0.3 is 0 Å². The fraction of sp³-hybridized carbons (Fsp3) is 0.130. The average Bonchev–Trinajstić information content (AvgIpc) is 3.24. The van der Waals surface area contributed by atoms with Crippen molar-refractivity contribution in [1.29, 1.82) is 5.26 Å². The van der Waals surface area contributed by atoms with Crippen LogP contribution in [0, 0.1) is 23.0 Å². The van der Waals surface area contributed by atoms with Crippen molar-refractivity contribution in [2.45, 2.75) is 18.1 Å². The van der Waals surface area contributed by atoms with Crippen LogP contribution in [0.15, 0.2) is 66.9 Å². The number of halogens is 7. The lowest BCUT2D eigenvalue weighted by atomic mass is 10.0. The normalized spacial score (nSPS) is 16.4. The van der Waals surface area contributed by atoms with Crippen LogP contribution in [-0.4, -0.2) is 23.1 Å². The zero-order chi connectivity index (χ0) is 24.7. The van der Waals surface area contributed by atoms with E-state index in [1.54, 1.807) is 12.1 Å². The highest BCUT2D eigenvalue weighted by Gasteiger charge is 2.63. The summed E-state index contributed by atoms with van der Waals surface area (Å²) in [4.78, 5) is 3.95. The van der Waals surface area contributed by atoms with Crippen LogP contribution in [0.4, 0.5) is 36.4 Å². The first-order valence-corrected chi connectivity index (χ1v) is 9.66. The maximum Gasteiger partial charge on any atom is 0.455 e. The van der Waals surface area contributed by atoms with E-state index in [0.29, 0.717) is 23.3 Å². The number of benzene rings is 2. The quantitative estimate of drug-likeness (QED) is 0.480. The van der Waals surface area contributed by atoms with E-state index in [4.69, 9.17) is 5.26 Å². The molecule has 1 unspecified atom stereocenters. The highest BCUT2D eigenvalue weighted by Crippen LogP contribution is 2.43.